The van der Waals surface area contributed by atoms with Gasteiger partial charge in [-0.2, -0.15) is 0 Å². The Hall–Kier alpha value is -1.51. The molecule has 0 aromatic carbocycles. The number of hydrogen-bond acceptors (Lipinski definition) is 8. The van der Waals surface area contributed by atoms with Crippen LogP contribution in [0.15, 0.2) is 24.3 Å². The maximum absolute atomic E-state index is 12.7. The molecule has 0 heterocycles. The number of phosphoric ester groups is 1. The fourth-order valence-corrected chi connectivity index (χ4v) is 7.41. The number of likely N-dealkylation sites (N-methyl/N-ethyl adjacent to an activating group) is 1. The summed E-state index contributed by atoms with van der Waals surface area (Å²) >= 11 is 0. The van der Waals surface area contributed by atoms with E-state index in [4.69, 9.17) is 18.5 Å². The van der Waals surface area contributed by atoms with Gasteiger partial charge in [0, 0.05) is 12.8 Å². The third-order valence-corrected chi connectivity index (χ3v) is 11.4. The first kappa shape index (κ1) is 56.5. The number of carbonyl (C=O) groups is 2. The number of allylic oxidation sites excluding steroid dienone is 4. The van der Waals surface area contributed by atoms with Crippen LogP contribution in [0.3, 0.4) is 0 Å². The van der Waals surface area contributed by atoms with Crippen molar-refractivity contribution in [2.75, 3.05) is 47.5 Å². The SMILES string of the molecule is CCCCC/C=C/C/C=C/CCCCCCCCCC(=O)OC[C@H](COP(=O)([O-])OCC[N+](C)(C)C)OC(=O)CCCCCCCCCCCCCCCCCCC. The van der Waals surface area contributed by atoms with Crippen LogP contribution in [0.1, 0.15) is 219 Å². The molecule has 58 heavy (non-hydrogen) atoms. The van der Waals surface area contributed by atoms with Gasteiger partial charge in [-0.1, -0.05) is 186 Å². The monoisotopic (exact) mass is 842 g/mol. The minimum Gasteiger partial charge on any atom is -0.756 e. The van der Waals surface area contributed by atoms with E-state index in [1.54, 1.807) is 0 Å². The molecule has 0 aliphatic rings. The zero-order chi connectivity index (χ0) is 42.8. The first-order chi connectivity index (χ1) is 28.0. The highest BCUT2D eigenvalue weighted by atomic mass is 31.2. The second kappa shape index (κ2) is 40.9. The summed E-state index contributed by atoms with van der Waals surface area (Å²) in [4.78, 5) is 37.6. The Balaban J connectivity index is 4.29. The second-order valence-electron chi connectivity index (χ2n) is 17.5. The van der Waals surface area contributed by atoms with Gasteiger partial charge in [0.25, 0.3) is 7.82 Å². The molecule has 0 fully saturated rings. The van der Waals surface area contributed by atoms with Crippen LogP contribution in [0.2, 0.25) is 0 Å². The van der Waals surface area contributed by atoms with Crippen LogP contribution in [-0.4, -0.2) is 70.0 Å². The minimum absolute atomic E-state index is 0.0300. The van der Waals surface area contributed by atoms with Crippen molar-refractivity contribution >= 4 is 19.8 Å². The van der Waals surface area contributed by atoms with Gasteiger partial charge in [-0.25, -0.2) is 0 Å². The molecule has 0 aromatic rings. The Morgan fingerprint density at radius 2 is 0.931 bits per heavy atom. The van der Waals surface area contributed by atoms with Gasteiger partial charge in [-0.3, -0.25) is 14.2 Å². The van der Waals surface area contributed by atoms with E-state index >= 15 is 0 Å². The van der Waals surface area contributed by atoms with Crippen molar-refractivity contribution in [2.24, 2.45) is 0 Å². The summed E-state index contributed by atoms with van der Waals surface area (Å²) in [7, 11) is 1.17. The smallest absolute Gasteiger partial charge is 0.306 e. The molecule has 0 rings (SSSR count). The molecule has 1 unspecified atom stereocenters. The molecular formula is C48H92NO8P. The zero-order valence-electron chi connectivity index (χ0n) is 38.5. The van der Waals surface area contributed by atoms with E-state index in [-0.39, 0.29) is 32.0 Å². The average Bonchev–Trinajstić information content (AvgIpc) is 3.17. The number of esters is 2. The molecule has 0 radical (unpaired) electrons. The molecular weight excluding hydrogens is 750 g/mol. The highest BCUT2D eigenvalue weighted by Gasteiger charge is 2.21. The van der Waals surface area contributed by atoms with Gasteiger partial charge in [-0.05, 0) is 44.9 Å². The van der Waals surface area contributed by atoms with Crippen molar-refractivity contribution < 1.29 is 42.1 Å². The zero-order valence-corrected chi connectivity index (χ0v) is 39.4. The van der Waals surface area contributed by atoms with Crippen molar-refractivity contribution in [3.8, 4) is 0 Å². The summed E-state index contributed by atoms with van der Waals surface area (Å²) < 4.78 is 34.0. The molecule has 0 aliphatic carbocycles. The third-order valence-electron chi connectivity index (χ3n) is 10.5. The number of rotatable bonds is 44. The summed E-state index contributed by atoms with van der Waals surface area (Å²) in [5.41, 5.74) is 0. The summed E-state index contributed by atoms with van der Waals surface area (Å²) in [5, 5.41) is 0. The van der Waals surface area contributed by atoms with Crippen molar-refractivity contribution in [2.45, 2.75) is 225 Å². The lowest BCUT2D eigenvalue weighted by Gasteiger charge is -2.28. The van der Waals surface area contributed by atoms with Crippen LogP contribution in [0.4, 0.5) is 0 Å². The van der Waals surface area contributed by atoms with Crippen LogP contribution in [-0.2, 0) is 32.7 Å². The number of phosphoric acid groups is 1. The number of nitrogens with zero attached hydrogens (tertiary/aromatic N) is 1. The molecule has 10 heteroatoms. The normalized spacial score (nSPS) is 13.7. The first-order valence-electron chi connectivity index (χ1n) is 24.0. The Morgan fingerprint density at radius 3 is 1.40 bits per heavy atom. The minimum atomic E-state index is -4.62. The first-order valence-corrected chi connectivity index (χ1v) is 25.5. The van der Waals surface area contributed by atoms with Crippen molar-refractivity contribution in [3.63, 3.8) is 0 Å². The quantitative estimate of drug-likeness (QED) is 0.0196. The lowest BCUT2D eigenvalue weighted by Crippen LogP contribution is -2.37. The molecule has 0 saturated heterocycles. The van der Waals surface area contributed by atoms with Crippen LogP contribution < -0.4 is 4.89 Å². The third kappa shape index (κ3) is 44.1. The van der Waals surface area contributed by atoms with E-state index < -0.39 is 26.5 Å². The molecule has 0 saturated carbocycles. The van der Waals surface area contributed by atoms with Crippen LogP contribution >= 0.6 is 7.82 Å². The summed E-state index contributed by atoms with van der Waals surface area (Å²) in [6, 6.07) is 0. The van der Waals surface area contributed by atoms with E-state index in [0.29, 0.717) is 17.4 Å². The predicted molar refractivity (Wildman–Crippen MR) is 241 cm³/mol. The van der Waals surface area contributed by atoms with E-state index in [1.807, 2.05) is 21.1 Å². The van der Waals surface area contributed by atoms with Gasteiger partial charge >= 0.3 is 11.9 Å². The van der Waals surface area contributed by atoms with Gasteiger partial charge in [0.2, 0.25) is 0 Å². The Morgan fingerprint density at radius 1 is 0.534 bits per heavy atom. The van der Waals surface area contributed by atoms with Gasteiger partial charge in [0.1, 0.15) is 19.8 Å². The number of carbonyl (C=O) groups excluding carboxylic acids is 2. The van der Waals surface area contributed by atoms with Crippen LogP contribution in [0.25, 0.3) is 0 Å². The van der Waals surface area contributed by atoms with E-state index in [9.17, 15) is 19.0 Å². The molecule has 9 nitrogen and oxygen atoms in total. The standard InChI is InChI=1S/C48H92NO8P/c1-6-8-10-12-14-16-18-20-22-24-26-28-30-32-34-36-38-40-47(50)54-44-46(45-56-58(52,53)55-43-42-49(3,4)5)57-48(51)41-39-37-35-33-31-29-27-25-23-21-19-17-15-13-11-9-7-2/h14,16,20,22,46H,6-13,15,17-19,21,23-45H2,1-5H3/b16-14+,22-20+/t46-/m1/s1. The fourth-order valence-electron chi connectivity index (χ4n) is 6.69. The van der Waals surface area contributed by atoms with E-state index in [2.05, 4.69) is 38.2 Å². The van der Waals surface area contributed by atoms with Gasteiger partial charge in [0.05, 0.1) is 27.7 Å². The predicted octanol–water partition coefficient (Wildman–Crippen LogP) is 13.3. The summed E-state index contributed by atoms with van der Waals surface area (Å²) in [6.07, 6.45) is 44.8. The maximum Gasteiger partial charge on any atom is 0.306 e. The van der Waals surface area contributed by atoms with Crippen LogP contribution in [0.5, 0.6) is 0 Å². The molecule has 0 amide bonds. The molecule has 0 aliphatic heterocycles. The number of quaternary nitrogens is 1. The molecule has 0 spiro atoms. The highest BCUT2D eigenvalue weighted by molar-refractivity contribution is 7.45. The number of ether oxygens (including phenoxy) is 2. The lowest BCUT2D eigenvalue weighted by atomic mass is 10.0. The van der Waals surface area contributed by atoms with Gasteiger partial charge < -0.3 is 27.9 Å². The fraction of sp³-hybridized carbons (Fsp3) is 0.875. The summed E-state index contributed by atoms with van der Waals surface area (Å²) in [5.74, 6) is -0.833. The Kier molecular flexibility index (Phi) is 39.8. The lowest BCUT2D eigenvalue weighted by molar-refractivity contribution is -0.870. The summed E-state index contributed by atoms with van der Waals surface area (Å²) in [6.45, 7) is 4.22. The topological polar surface area (TPSA) is 111 Å². The largest absolute Gasteiger partial charge is 0.756 e. The number of unbranched alkanes of at least 4 members (excludes halogenated alkanes) is 26. The molecule has 0 aromatic heterocycles. The number of hydrogen-bond donors (Lipinski definition) is 0. The molecule has 2 atom stereocenters. The molecule has 342 valence electrons. The highest BCUT2D eigenvalue weighted by Crippen LogP contribution is 2.38. The van der Waals surface area contributed by atoms with Crippen molar-refractivity contribution in [1.82, 2.24) is 0 Å². The second-order valence-corrected chi connectivity index (χ2v) is 18.9. The van der Waals surface area contributed by atoms with Gasteiger partial charge in [-0.15, -0.1) is 0 Å². The van der Waals surface area contributed by atoms with E-state index in [0.717, 1.165) is 51.4 Å². The maximum atomic E-state index is 12.7. The van der Waals surface area contributed by atoms with Gasteiger partial charge in [0.15, 0.2) is 6.10 Å². The Bertz CT molecular complexity index is 1040. The molecule has 0 bridgehead atoms. The van der Waals surface area contributed by atoms with E-state index in [1.165, 1.54) is 135 Å². The van der Waals surface area contributed by atoms with Crippen LogP contribution in [0, 0.1) is 0 Å². The molecule has 0 N–H and O–H groups in total. The van der Waals surface area contributed by atoms with Crippen molar-refractivity contribution in [3.05, 3.63) is 24.3 Å². The Labute approximate surface area is 358 Å². The average molecular weight is 842 g/mol. The van der Waals surface area contributed by atoms with Crippen molar-refractivity contribution in [1.29, 1.82) is 0 Å².